The van der Waals surface area contributed by atoms with Crippen molar-refractivity contribution in [3.8, 4) is 5.75 Å². The molecule has 1 aromatic carbocycles. The fourth-order valence-electron chi connectivity index (χ4n) is 1.65. The molecule has 0 aliphatic carbocycles. The highest BCUT2D eigenvalue weighted by Crippen LogP contribution is 2.11. The highest BCUT2D eigenvalue weighted by Gasteiger charge is 1.94. The van der Waals surface area contributed by atoms with Crippen molar-refractivity contribution in [3.05, 3.63) is 29.8 Å². The molecule has 0 aliphatic rings. The minimum atomic E-state index is 0.725. The third-order valence-electron chi connectivity index (χ3n) is 2.59. The van der Waals surface area contributed by atoms with E-state index in [2.05, 4.69) is 22.8 Å². The summed E-state index contributed by atoms with van der Waals surface area (Å²) in [6.45, 7) is 5.84. The van der Waals surface area contributed by atoms with Crippen LogP contribution >= 0.6 is 0 Å². The van der Waals surface area contributed by atoms with Crippen LogP contribution in [0.4, 0.5) is 0 Å². The fourth-order valence-corrected chi connectivity index (χ4v) is 1.65. The number of ether oxygens (including phenoxy) is 1. The molecule has 0 amide bonds. The average molecular weight is 236 g/mol. The summed E-state index contributed by atoms with van der Waals surface area (Å²) >= 11 is 0. The summed E-state index contributed by atoms with van der Waals surface area (Å²) in [6, 6.07) is 8.29. The molecule has 0 aromatic heterocycles. The van der Waals surface area contributed by atoms with Gasteiger partial charge >= 0.3 is 0 Å². The summed E-state index contributed by atoms with van der Waals surface area (Å²) in [4.78, 5) is 0. The van der Waals surface area contributed by atoms with Crippen molar-refractivity contribution in [3.63, 3.8) is 0 Å². The molecule has 1 rings (SSSR count). The second-order valence-corrected chi connectivity index (χ2v) is 4.06. The molecular weight excluding hydrogens is 212 g/mol. The molecule has 0 fully saturated rings. The lowest BCUT2D eigenvalue weighted by Crippen LogP contribution is -2.16. The zero-order chi connectivity index (χ0) is 12.3. The lowest BCUT2D eigenvalue weighted by molar-refractivity contribution is 0.340. The maximum absolute atomic E-state index is 5.40. The molecule has 0 aliphatic heterocycles. The maximum atomic E-state index is 5.40. The molecule has 0 unspecified atom stereocenters. The predicted octanol–water partition coefficient (Wildman–Crippen LogP) is 2.17. The van der Waals surface area contributed by atoms with E-state index in [1.165, 1.54) is 18.4 Å². The summed E-state index contributed by atoms with van der Waals surface area (Å²) in [7, 11) is 1.99. The molecule has 3 heteroatoms. The molecule has 17 heavy (non-hydrogen) atoms. The molecule has 0 atom stereocenters. The molecule has 3 nitrogen and oxygen atoms in total. The highest BCUT2D eigenvalue weighted by molar-refractivity contribution is 5.27. The van der Waals surface area contributed by atoms with Gasteiger partial charge in [0.15, 0.2) is 0 Å². The van der Waals surface area contributed by atoms with Crippen LogP contribution in [0.5, 0.6) is 5.75 Å². The van der Waals surface area contributed by atoms with Crippen LogP contribution in [0.15, 0.2) is 24.3 Å². The molecular formula is C14H24N2O. The number of hydrogen-bond acceptors (Lipinski definition) is 3. The van der Waals surface area contributed by atoms with Crippen molar-refractivity contribution < 1.29 is 4.74 Å². The standard InChI is InChI=1S/C14H24N2O/c1-3-17-14-8-6-13(7-9-14)12-16-11-5-4-10-15-2/h6-9,15-16H,3-5,10-12H2,1-2H3. The Labute approximate surface area is 105 Å². The molecule has 96 valence electrons. The van der Waals surface area contributed by atoms with E-state index in [1.807, 2.05) is 26.1 Å². The van der Waals surface area contributed by atoms with Crippen molar-refractivity contribution in [2.75, 3.05) is 26.7 Å². The summed E-state index contributed by atoms with van der Waals surface area (Å²) < 4.78 is 5.40. The van der Waals surface area contributed by atoms with Crippen molar-refractivity contribution in [1.82, 2.24) is 10.6 Å². The van der Waals surface area contributed by atoms with Crippen LogP contribution in [0.2, 0.25) is 0 Å². The lowest BCUT2D eigenvalue weighted by Gasteiger charge is -2.06. The van der Waals surface area contributed by atoms with Gasteiger partial charge < -0.3 is 15.4 Å². The third kappa shape index (κ3) is 6.29. The molecule has 2 N–H and O–H groups in total. The first kappa shape index (κ1) is 14.0. The Morgan fingerprint density at radius 3 is 2.41 bits per heavy atom. The Kier molecular flexibility index (Phi) is 7.43. The minimum Gasteiger partial charge on any atom is -0.494 e. The highest BCUT2D eigenvalue weighted by atomic mass is 16.5. The second-order valence-electron chi connectivity index (χ2n) is 4.06. The normalized spacial score (nSPS) is 10.5. The predicted molar refractivity (Wildman–Crippen MR) is 72.5 cm³/mol. The molecule has 0 saturated carbocycles. The van der Waals surface area contributed by atoms with E-state index in [0.29, 0.717) is 0 Å². The summed E-state index contributed by atoms with van der Waals surface area (Å²) in [5.74, 6) is 0.949. The van der Waals surface area contributed by atoms with Gasteiger partial charge in [-0.2, -0.15) is 0 Å². The largest absolute Gasteiger partial charge is 0.494 e. The van der Waals surface area contributed by atoms with Gasteiger partial charge in [0, 0.05) is 6.54 Å². The van der Waals surface area contributed by atoms with E-state index in [1.54, 1.807) is 0 Å². The molecule has 0 saturated heterocycles. The van der Waals surface area contributed by atoms with Gasteiger partial charge in [-0.15, -0.1) is 0 Å². The van der Waals surface area contributed by atoms with E-state index >= 15 is 0 Å². The van der Waals surface area contributed by atoms with Crippen LogP contribution in [0.1, 0.15) is 25.3 Å². The molecule has 0 bridgehead atoms. The number of benzene rings is 1. The van der Waals surface area contributed by atoms with Crippen molar-refractivity contribution in [1.29, 1.82) is 0 Å². The first-order valence-corrected chi connectivity index (χ1v) is 6.44. The zero-order valence-electron chi connectivity index (χ0n) is 11.0. The van der Waals surface area contributed by atoms with Gasteiger partial charge in [-0.05, 0) is 57.6 Å². The van der Waals surface area contributed by atoms with Crippen LogP contribution in [0, 0.1) is 0 Å². The third-order valence-corrected chi connectivity index (χ3v) is 2.59. The van der Waals surface area contributed by atoms with E-state index in [-0.39, 0.29) is 0 Å². The molecule has 0 spiro atoms. The van der Waals surface area contributed by atoms with Crippen molar-refractivity contribution in [2.24, 2.45) is 0 Å². The molecule has 0 heterocycles. The van der Waals surface area contributed by atoms with Crippen LogP contribution in [-0.2, 0) is 6.54 Å². The van der Waals surface area contributed by atoms with Gasteiger partial charge in [0.05, 0.1) is 6.61 Å². The van der Waals surface area contributed by atoms with Crippen LogP contribution in [-0.4, -0.2) is 26.7 Å². The molecule has 1 aromatic rings. The van der Waals surface area contributed by atoms with Crippen molar-refractivity contribution in [2.45, 2.75) is 26.3 Å². The Morgan fingerprint density at radius 1 is 1.06 bits per heavy atom. The fraction of sp³-hybridized carbons (Fsp3) is 0.571. The van der Waals surface area contributed by atoms with Gasteiger partial charge in [0.1, 0.15) is 5.75 Å². The van der Waals surface area contributed by atoms with Crippen LogP contribution in [0.25, 0.3) is 0 Å². The number of rotatable bonds is 9. The second kappa shape index (κ2) is 9.02. The number of nitrogens with one attached hydrogen (secondary N) is 2. The Bertz CT molecular complexity index is 285. The minimum absolute atomic E-state index is 0.725. The first-order valence-electron chi connectivity index (χ1n) is 6.44. The summed E-state index contributed by atoms with van der Waals surface area (Å²) in [5.41, 5.74) is 1.31. The Hall–Kier alpha value is -1.06. The van der Waals surface area contributed by atoms with Gasteiger partial charge in [0.2, 0.25) is 0 Å². The average Bonchev–Trinajstić information content (AvgIpc) is 2.36. The van der Waals surface area contributed by atoms with E-state index in [0.717, 1.165) is 32.0 Å². The van der Waals surface area contributed by atoms with Gasteiger partial charge in [-0.25, -0.2) is 0 Å². The van der Waals surface area contributed by atoms with Crippen LogP contribution < -0.4 is 15.4 Å². The Morgan fingerprint density at radius 2 is 1.76 bits per heavy atom. The summed E-state index contributed by atoms with van der Waals surface area (Å²) in [6.07, 6.45) is 2.45. The SMILES string of the molecule is CCOc1ccc(CNCCCCNC)cc1. The smallest absolute Gasteiger partial charge is 0.119 e. The molecule has 0 radical (unpaired) electrons. The topological polar surface area (TPSA) is 33.3 Å². The quantitative estimate of drug-likeness (QED) is 0.645. The monoisotopic (exact) mass is 236 g/mol. The summed E-state index contributed by atoms with van der Waals surface area (Å²) in [5, 5.41) is 6.60. The Balaban J connectivity index is 2.14. The lowest BCUT2D eigenvalue weighted by atomic mass is 10.2. The number of unbranched alkanes of at least 4 members (excludes halogenated alkanes) is 1. The van der Waals surface area contributed by atoms with Crippen molar-refractivity contribution >= 4 is 0 Å². The van der Waals surface area contributed by atoms with E-state index in [4.69, 9.17) is 4.74 Å². The van der Waals surface area contributed by atoms with E-state index < -0.39 is 0 Å². The van der Waals surface area contributed by atoms with Crippen LogP contribution in [0.3, 0.4) is 0 Å². The van der Waals surface area contributed by atoms with Gasteiger partial charge in [-0.3, -0.25) is 0 Å². The van der Waals surface area contributed by atoms with Gasteiger partial charge in [0.25, 0.3) is 0 Å². The number of hydrogen-bond donors (Lipinski definition) is 2. The zero-order valence-corrected chi connectivity index (χ0v) is 11.0. The maximum Gasteiger partial charge on any atom is 0.119 e. The van der Waals surface area contributed by atoms with Gasteiger partial charge in [-0.1, -0.05) is 12.1 Å². The first-order chi connectivity index (χ1) is 8.36. The van der Waals surface area contributed by atoms with E-state index in [9.17, 15) is 0 Å².